The van der Waals surface area contributed by atoms with E-state index in [1.54, 1.807) is 0 Å². The lowest BCUT2D eigenvalue weighted by atomic mass is 10.1. The highest BCUT2D eigenvalue weighted by Crippen LogP contribution is 2.32. The molecule has 0 unspecified atom stereocenters. The number of nitrogens with one attached hydrogen (secondary N) is 1. The van der Waals surface area contributed by atoms with E-state index in [1.807, 2.05) is 6.07 Å². The first-order valence-electron chi connectivity index (χ1n) is 10.9. The van der Waals surface area contributed by atoms with Crippen LogP contribution in [0.5, 0.6) is 0 Å². The lowest BCUT2D eigenvalue weighted by molar-refractivity contribution is 0.214. The number of rotatable bonds is 3. The standard InChI is InChI=1S/C25H27FN4O/c1-16-2-5-19(6-3-16)29-8-10-30(11-9-29)20-7-4-17(12-20)24-15-21-22(25(31)28-24)13-18(26)14-23(21)27/h2-3,5-6,12-15,20H,4,7-11,27H2,1H3,(H,28,31)/t20-/m1/s1. The molecule has 1 saturated heterocycles. The van der Waals surface area contributed by atoms with Crippen LogP contribution in [0.4, 0.5) is 15.8 Å². The third kappa shape index (κ3) is 3.83. The van der Waals surface area contributed by atoms with Crippen molar-refractivity contribution in [2.24, 2.45) is 0 Å². The predicted octanol–water partition coefficient (Wildman–Crippen LogP) is 3.93. The molecule has 5 nitrogen and oxygen atoms in total. The second kappa shape index (κ2) is 7.85. The minimum atomic E-state index is -0.492. The number of benzene rings is 2. The number of H-pyrrole nitrogens is 1. The molecular formula is C25H27FN4O. The molecule has 5 rings (SSSR count). The average molecular weight is 419 g/mol. The summed E-state index contributed by atoms with van der Waals surface area (Å²) in [6, 6.07) is 13.5. The zero-order valence-corrected chi connectivity index (χ0v) is 17.7. The van der Waals surface area contributed by atoms with Crippen LogP contribution in [0.2, 0.25) is 0 Å². The van der Waals surface area contributed by atoms with Gasteiger partial charge in [0.2, 0.25) is 0 Å². The number of nitrogens with zero attached hydrogens (tertiary/aromatic N) is 2. The molecule has 2 aromatic carbocycles. The zero-order valence-electron chi connectivity index (χ0n) is 17.7. The third-order valence-corrected chi connectivity index (χ3v) is 6.59. The number of hydrogen-bond donors (Lipinski definition) is 2. The van der Waals surface area contributed by atoms with Gasteiger partial charge in [0.25, 0.3) is 5.56 Å². The van der Waals surface area contributed by atoms with Crippen molar-refractivity contribution >= 4 is 27.7 Å². The van der Waals surface area contributed by atoms with Gasteiger partial charge in [-0.3, -0.25) is 9.69 Å². The summed E-state index contributed by atoms with van der Waals surface area (Å²) in [4.78, 5) is 20.4. The largest absolute Gasteiger partial charge is 0.398 e. The quantitative estimate of drug-likeness (QED) is 0.633. The second-order valence-electron chi connectivity index (χ2n) is 8.62. The van der Waals surface area contributed by atoms with Crippen LogP contribution < -0.4 is 16.2 Å². The summed E-state index contributed by atoms with van der Waals surface area (Å²) in [5.41, 5.74) is 10.5. The van der Waals surface area contributed by atoms with Crippen LogP contribution in [0.15, 0.2) is 53.3 Å². The topological polar surface area (TPSA) is 65.4 Å². The zero-order chi connectivity index (χ0) is 21.5. The van der Waals surface area contributed by atoms with Crippen LogP contribution in [0.1, 0.15) is 24.1 Å². The van der Waals surface area contributed by atoms with Crippen LogP contribution in [0.25, 0.3) is 16.3 Å². The molecule has 0 spiro atoms. The number of piperazine rings is 1. The fourth-order valence-corrected chi connectivity index (χ4v) is 4.81. The summed E-state index contributed by atoms with van der Waals surface area (Å²) in [6.45, 7) is 6.17. The Hall–Kier alpha value is -3.12. The van der Waals surface area contributed by atoms with E-state index in [-0.39, 0.29) is 5.56 Å². The highest BCUT2D eigenvalue weighted by atomic mass is 19.1. The van der Waals surface area contributed by atoms with E-state index in [9.17, 15) is 9.18 Å². The van der Waals surface area contributed by atoms with E-state index in [4.69, 9.17) is 5.73 Å². The molecule has 1 atom stereocenters. The highest BCUT2D eigenvalue weighted by molar-refractivity contribution is 5.94. The summed E-state index contributed by atoms with van der Waals surface area (Å²) >= 11 is 0. The van der Waals surface area contributed by atoms with Gasteiger partial charge in [0.05, 0.1) is 5.39 Å². The second-order valence-corrected chi connectivity index (χ2v) is 8.62. The molecule has 6 heteroatoms. The van der Waals surface area contributed by atoms with E-state index in [2.05, 4.69) is 52.0 Å². The molecule has 3 N–H and O–H groups in total. The molecule has 0 bridgehead atoms. The number of aromatic amines is 1. The van der Waals surface area contributed by atoms with Crippen LogP contribution in [-0.4, -0.2) is 42.1 Å². The Morgan fingerprint density at radius 3 is 2.52 bits per heavy atom. The summed E-state index contributed by atoms with van der Waals surface area (Å²) in [7, 11) is 0. The Bertz CT molecular complexity index is 1210. The number of pyridine rings is 1. The molecule has 3 aromatic rings. The maximum atomic E-state index is 13.6. The van der Waals surface area contributed by atoms with Gasteiger partial charge in [-0.15, -0.1) is 0 Å². The van der Waals surface area contributed by atoms with Crippen molar-refractivity contribution in [3.63, 3.8) is 0 Å². The lowest BCUT2D eigenvalue weighted by Crippen LogP contribution is -2.49. The Balaban J connectivity index is 1.32. The Labute approximate surface area is 181 Å². The van der Waals surface area contributed by atoms with Crippen molar-refractivity contribution in [3.8, 4) is 0 Å². The summed E-state index contributed by atoms with van der Waals surface area (Å²) in [5, 5.41) is 0.903. The number of halogens is 1. The summed E-state index contributed by atoms with van der Waals surface area (Å²) in [6.07, 6.45) is 4.22. The van der Waals surface area contributed by atoms with Crippen molar-refractivity contribution in [2.45, 2.75) is 25.8 Å². The van der Waals surface area contributed by atoms with E-state index in [1.165, 1.54) is 23.4 Å². The van der Waals surface area contributed by atoms with Crippen molar-refractivity contribution in [1.29, 1.82) is 0 Å². The number of fused-ring (bicyclic) bond motifs is 1. The minimum absolute atomic E-state index is 0.295. The molecule has 1 aliphatic heterocycles. The molecule has 1 aliphatic carbocycles. The minimum Gasteiger partial charge on any atom is -0.398 e. The first-order chi connectivity index (χ1) is 15.0. The third-order valence-electron chi connectivity index (χ3n) is 6.59. The van der Waals surface area contributed by atoms with Gasteiger partial charge in [0, 0.05) is 54.7 Å². The van der Waals surface area contributed by atoms with Crippen LogP contribution in [-0.2, 0) is 0 Å². The molecule has 0 amide bonds. The Morgan fingerprint density at radius 1 is 1.03 bits per heavy atom. The monoisotopic (exact) mass is 418 g/mol. The summed E-state index contributed by atoms with van der Waals surface area (Å²) in [5.74, 6) is -0.492. The van der Waals surface area contributed by atoms with E-state index >= 15 is 0 Å². The number of aromatic nitrogens is 1. The van der Waals surface area contributed by atoms with Crippen molar-refractivity contribution in [2.75, 3.05) is 36.8 Å². The molecule has 1 aromatic heterocycles. The van der Waals surface area contributed by atoms with E-state index in [0.29, 0.717) is 22.5 Å². The fourth-order valence-electron chi connectivity index (χ4n) is 4.81. The molecule has 2 aliphatic rings. The first kappa shape index (κ1) is 19.8. The first-order valence-corrected chi connectivity index (χ1v) is 10.9. The van der Waals surface area contributed by atoms with Gasteiger partial charge in [-0.25, -0.2) is 4.39 Å². The van der Waals surface area contributed by atoms with E-state index in [0.717, 1.165) is 50.3 Å². The number of aryl methyl sites for hydroxylation is 1. The summed E-state index contributed by atoms with van der Waals surface area (Å²) < 4.78 is 13.6. The number of hydrogen-bond acceptors (Lipinski definition) is 4. The molecule has 160 valence electrons. The average Bonchev–Trinajstić information content (AvgIpc) is 3.25. The number of allylic oxidation sites excluding steroid dienone is 1. The van der Waals surface area contributed by atoms with Gasteiger partial charge in [-0.1, -0.05) is 23.8 Å². The number of anilines is 2. The van der Waals surface area contributed by atoms with Crippen molar-refractivity contribution in [3.05, 3.63) is 76.0 Å². The van der Waals surface area contributed by atoms with Gasteiger partial charge in [-0.05, 0) is 55.7 Å². The molecule has 2 heterocycles. The molecule has 1 fully saturated rings. The molecule has 0 saturated carbocycles. The fraction of sp³-hybridized carbons (Fsp3) is 0.320. The number of nitrogen functional groups attached to an aromatic ring is 1. The normalized spacial score (nSPS) is 19.7. The SMILES string of the molecule is Cc1ccc(N2CCN([C@H]3C=C(c4cc5c(N)cc(F)cc5c(=O)[nH]4)CC3)CC2)cc1. The predicted molar refractivity (Wildman–Crippen MR) is 125 cm³/mol. The lowest BCUT2D eigenvalue weighted by Gasteiger charge is -2.38. The van der Waals surface area contributed by atoms with Crippen LogP contribution in [0.3, 0.4) is 0 Å². The molecule has 0 radical (unpaired) electrons. The molecule has 31 heavy (non-hydrogen) atoms. The maximum Gasteiger partial charge on any atom is 0.256 e. The van der Waals surface area contributed by atoms with Gasteiger partial charge in [0.15, 0.2) is 0 Å². The van der Waals surface area contributed by atoms with Gasteiger partial charge >= 0.3 is 0 Å². The van der Waals surface area contributed by atoms with Gasteiger partial charge < -0.3 is 15.6 Å². The van der Waals surface area contributed by atoms with Crippen molar-refractivity contribution in [1.82, 2.24) is 9.88 Å². The van der Waals surface area contributed by atoms with Gasteiger partial charge in [0.1, 0.15) is 5.82 Å². The highest BCUT2D eigenvalue weighted by Gasteiger charge is 2.27. The van der Waals surface area contributed by atoms with Crippen LogP contribution in [0, 0.1) is 12.7 Å². The van der Waals surface area contributed by atoms with Crippen molar-refractivity contribution < 1.29 is 4.39 Å². The van der Waals surface area contributed by atoms with Gasteiger partial charge in [-0.2, -0.15) is 0 Å². The Kier molecular flexibility index (Phi) is 5.02. The maximum absolute atomic E-state index is 13.6. The van der Waals surface area contributed by atoms with Crippen LogP contribution >= 0.6 is 0 Å². The Morgan fingerprint density at radius 2 is 1.77 bits per heavy atom. The smallest absolute Gasteiger partial charge is 0.256 e. The van der Waals surface area contributed by atoms with E-state index < -0.39 is 5.82 Å². The number of nitrogens with two attached hydrogens (primary N) is 1. The molecular weight excluding hydrogens is 391 g/mol.